The van der Waals surface area contributed by atoms with Gasteiger partial charge in [0, 0.05) is 28.5 Å². The summed E-state index contributed by atoms with van der Waals surface area (Å²) in [6, 6.07) is 20.8. The molecule has 0 spiro atoms. The smallest absolute Gasteiger partial charge is 0.326 e. The Kier molecular flexibility index (Phi) is 7.36. The lowest BCUT2D eigenvalue weighted by molar-refractivity contribution is -0.143. The molecule has 1 aromatic heterocycles. The fourth-order valence-electron chi connectivity index (χ4n) is 4.85. The van der Waals surface area contributed by atoms with Crippen molar-refractivity contribution in [3.05, 3.63) is 104 Å². The minimum Gasteiger partial charge on any atom is -0.465 e. The van der Waals surface area contributed by atoms with Crippen molar-refractivity contribution in [2.75, 3.05) is 20.3 Å². The number of hydrazone groups is 1. The third kappa shape index (κ3) is 4.98. The van der Waals surface area contributed by atoms with Crippen LogP contribution < -0.4 is 11.0 Å². The minimum atomic E-state index is -1.66. The molecule has 1 unspecified atom stereocenters. The maximum Gasteiger partial charge on any atom is 0.326 e. The van der Waals surface area contributed by atoms with Gasteiger partial charge in [-0.25, -0.2) is 0 Å². The summed E-state index contributed by atoms with van der Waals surface area (Å²) in [6.45, 7) is 2.08. The first-order valence-electron chi connectivity index (χ1n) is 12.3. The predicted octanol–water partition coefficient (Wildman–Crippen LogP) is 4.58. The highest BCUT2D eigenvalue weighted by Crippen LogP contribution is 2.37. The molecule has 0 radical (unpaired) electrons. The number of amidine groups is 1. The third-order valence-electron chi connectivity index (χ3n) is 6.70. The van der Waals surface area contributed by atoms with Gasteiger partial charge in [-0.2, -0.15) is 5.10 Å². The van der Waals surface area contributed by atoms with E-state index in [-0.39, 0.29) is 18.7 Å². The number of ether oxygens (including phenoxy) is 1. The van der Waals surface area contributed by atoms with Crippen LogP contribution in [0.2, 0.25) is 10.0 Å². The van der Waals surface area contributed by atoms with E-state index in [1.807, 2.05) is 24.1 Å². The van der Waals surface area contributed by atoms with E-state index in [0.29, 0.717) is 50.1 Å². The van der Waals surface area contributed by atoms with E-state index in [1.165, 1.54) is 10.6 Å². The van der Waals surface area contributed by atoms with Crippen molar-refractivity contribution in [2.24, 2.45) is 5.10 Å². The Hall–Kier alpha value is -3.85. The fraction of sp³-hybridized carbons (Fsp3) is 0.207. The molecular weight excluding hydrogens is 539 g/mol. The van der Waals surface area contributed by atoms with Crippen molar-refractivity contribution in [3.63, 3.8) is 0 Å². The van der Waals surface area contributed by atoms with Crippen LogP contribution >= 0.6 is 23.2 Å². The first-order valence-corrected chi connectivity index (χ1v) is 13.1. The lowest BCUT2D eigenvalue weighted by atomic mass is 9.83. The Morgan fingerprint density at radius 3 is 2.46 bits per heavy atom. The zero-order valence-corrected chi connectivity index (χ0v) is 22.8. The summed E-state index contributed by atoms with van der Waals surface area (Å²) >= 11 is 12.5. The average molecular weight is 565 g/mol. The van der Waals surface area contributed by atoms with Gasteiger partial charge in [-0.15, -0.1) is 0 Å². The van der Waals surface area contributed by atoms with Gasteiger partial charge in [0.15, 0.2) is 11.4 Å². The SMILES string of the molecule is CCOC(=O)Cn1c(=O)cc(-c2cccc(Cl)c2)c2cc(C(O)(C3=NNCN3C)c3ccc(Cl)cc3)ccc21. The molecule has 39 heavy (non-hydrogen) atoms. The maximum atomic E-state index is 13.3. The number of carbonyl (C=O) groups excluding carboxylic acids is 1. The van der Waals surface area contributed by atoms with Crippen LogP contribution in [0.15, 0.2) is 82.7 Å². The topological polar surface area (TPSA) is 96.2 Å². The molecule has 1 aliphatic rings. The quantitative estimate of drug-likeness (QED) is 0.319. The Morgan fingerprint density at radius 2 is 1.79 bits per heavy atom. The van der Waals surface area contributed by atoms with E-state index in [9.17, 15) is 14.7 Å². The molecule has 4 aromatic rings. The number of likely N-dealkylation sites (N-methyl/N-ethyl adjacent to an activating group) is 1. The largest absolute Gasteiger partial charge is 0.465 e. The van der Waals surface area contributed by atoms with Crippen molar-refractivity contribution in [1.29, 1.82) is 0 Å². The molecule has 0 fully saturated rings. The van der Waals surface area contributed by atoms with Gasteiger partial charge in [-0.05, 0) is 65.6 Å². The lowest BCUT2D eigenvalue weighted by Crippen LogP contribution is -2.44. The average Bonchev–Trinajstić information content (AvgIpc) is 3.36. The van der Waals surface area contributed by atoms with Crippen LogP contribution in [0.1, 0.15) is 18.1 Å². The van der Waals surface area contributed by atoms with Crippen LogP contribution in [0, 0.1) is 0 Å². The Bertz CT molecular complexity index is 1650. The van der Waals surface area contributed by atoms with Gasteiger partial charge < -0.3 is 14.7 Å². The van der Waals surface area contributed by atoms with Crippen molar-refractivity contribution >= 4 is 45.9 Å². The molecule has 10 heteroatoms. The second-order valence-corrected chi connectivity index (χ2v) is 10.1. The number of hydrogen-bond donors (Lipinski definition) is 2. The highest BCUT2D eigenvalue weighted by molar-refractivity contribution is 6.31. The number of esters is 1. The van der Waals surface area contributed by atoms with Crippen LogP contribution in [-0.4, -0.2) is 46.7 Å². The molecule has 0 saturated carbocycles. The molecule has 200 valence electrons. The minimum absolute atomic E-state index is 0.202. The summed E-state index contributed by atoms with van der Waals surface area (Å²) in [7, 11) is 1.83. The fourth-order valence-corrected chi connectivity index (χ4v) is 5.17. The summed E-state index contributed by atoms with van der Waals surface area (Å²) in [5.41, 5.74) is 3.80. The summed E-state index contributed by atoms with van der Waals surface area (Å²) in [5.74, 6) is -0.125. The van der Waals surface area contributed by atoms with E-state index in [1.54, 1.807) is 61.5 Å². The van der Waals surface area contributed by atoms with Crippen molar-refractivity contribution in [3.8, 4) is 11.1 Å². The summed E-state index contributed by atoms with van der Waals surface area (Å²) in [5, 5.41) is 18.5. The van der Waals surface area contributed by atoms with E-state index in [2.05, 4.69) is 10.5 Å². The second kappa shape index (κ2) is 10.7. The number of aromatic nitrogens is 1. The van der Waals surface area contributed by atoms with Gasteiger partial charge in [-0.3, -0.25) is 19.6 Å². The standard InChI is InChI=1S/C29H26Cl2N4O4/c1-3-39-27(37)16-35-25-12-9-20(14-24(25)23(15-26(35)36)18-5-4-6-22(31)13-18)29(38,28-33-32-17-34(28)2)19-7-10-21(30)11-8-19/h4-15,32,38H,3,16-17H2,1-2H3. The number of benzene rings is 3. The number of nitrogens with zero attached hydrogens (tertiary/aromatic N) is 3. The van der Waals surface area contributed by atoms with Crippen molar-refractivity contribution in [2.45, 2.75) is 19.1 Å². The van der Waals surface area contributed by atoms with Crippen LogP contribution in [0.4, 0.5) is 0 Å². The number of fused-ring (bicyclic) bond motifs is 1. The van der Waals surface area contributed by atoms with Gasteiger partial charge in [-0.1, -0.05) is 53.5 Å². The number of hydrogen-bond acceptors (Lipinski definition) is 7. The van der Waals surface area contributed by atoms with E-state index >= 15 is 0 Å². The molecule has 1 atom stereocenters. The van der Waals surface area contributed by atoms with Gasteiger partial charge in [0.05, 0.1) is 12.1 Å². The summed E-state index contributed by atoms with van der Waals surface area (Å²) in [4.78, 5) is 27.5. The molecule has 2 heterocycles. The molecule has 0 bridgehead atoms. The van der Waals surface area contributed by atoms with Crippen LogP contribution in [0.5, 0.6) is 0 Å². The van der Waals surface area contributed by atoms with Gasteiger partial charge in [0.2, 0.25) is 0 Å². The molecular formula is C29H26Cl2N4O4. The number of pyridine rings is 1. The zero-order chi connectivity index (χ0) is 27.7. The number of halogens is 2. The van der Waals surface area contributed by atoms with Crippen molar-refractivity contribution < 1.29 is 14.6 Å². The van der Waals surface area contributed by atoms with E-state index in [4.69, 9.17) is 27.9 Å². The monoisotopic (exact) mass is 564 g/mol. The first-order chi connectivity index (χ1) is 18.7. The summed E-state index contributed by atoms with van der Waals surface area (Å²) < 4.78 is 6.48. The zero-order valence-electron chi connectivity index (χ0n) is 21.3. The lowest BCUT2D eigenvalue weighted by Gasteiger charge is -2.32. The number of nitrogens with one attached hydrogen (secondary N) is 1. The molecule has 1 aliphatic heterocycles. The molecule has 8 nitrogen and oxygen atoms in total. The first kappa shape index (κ1) is 26.7. The van der Waals surface area contributed by atoms with Crippen molar-refractivity contribution in [1.82, 2.24) is 14.9 Å². The molecule has 5 rings (SSSR count). The van der Waals surface area contributed by atoms with Gasteiger partial charge in [0.1, 0.15) is 13.2 Å². The van der Waals surface area contributed by atoms with E-state index < -0.39 is 11.6 Å². The van der Waals surface area contributed by atoms with Crippen LogP contribution in [0.25, 0.3) is 22.0 Å². The maximum absolute atomic E-state index is 13.3. The molecule has 2 N–H and O–H groups in total. The normalized spacial score (nSPS) is 14.6. The summed E-state index contributed by atoms with van der Waals surface area (Å²) in [6.07, 6.45) is 0. The van der Waals surface area contributed by atoms with Gasteiger partial charge in [0.25, 0.3) is 5.56 Å². The number of carbonyl (C=O) groups is 1. The highest BCUT2D eigenvalue weighted by Gasteiger charge is 2.42. The molecule has 0 aliphatic carbocycles. The molecule has 0 amide bonds. The van der Waals surface area contributed by atoms with Gasteiger partial charge >= 0.3 is 5.97 Å². The van der Waals surface area contributed by atoms with Crippen LogP contribution in [-0.2, 0) is 21.7 Å². The molecule has 0 saturated heterocycles. The highest BCUT2D eigenvalue weighted by atomic mass is 35.5. The second-order valence-electron chi connectivity index (χ2n) is 9.20. The Balaban J connectivity index is 1.80. The number of aliphatic hydroxyl groups is 1. The Labute approximate surface area is 235 Å². The van der Waals surface area contributed by atoms with Crippen LogP contribution in [0.3, 0.4) is 0 Å². The van der Waals surface area contributed by atoms with E-state index in [0.717, 1.165) is 5.56 Å². The number of rotatable bonds is 7. The molecule has 3 aromatic carbocycles. The predicted molar refractivity (Wildman–Crippen MR) is 153 cm³/mol. The Morgan fingerprint density at radius 1 is 1.05 bits per heavy atom. The third-order valence-corrected chi connectivity index (χ3v) is 7.18.